The van der Waals surface area contributed by atoms with E-state index in [1.165, 1.54) is 25.4 Å². The number of hydrogen-bond donors (Lipinski definition) is 0. The highest BCUT2D eigenvalue weighted by Gasteiger charge is 2.32. The number of fused-ring (bicyclic) bond motifs is 1. The third-order valence-corrected chi connectivity index (χ3v) is 6.21. The topological polar surface area (TPSA) is 63.5 Å². The molecule has 0 N–H and O–H groups in total. The molecule has 0 aliphatic carbocycles. The molecule has 1 aliphatic heterocycles. The van der Waals surface area contributed by atoms with Crippen molar-refractivity contribution in [1.29, 1.82) is 0 Å². The summed E-state index contributed by atoms with van der Waals surface area (Å²) in [5.74, 6) is -0.553. The minimum Gasteiger partial charge on any atom is -0.444 e. The zero-order valence-corrected chi connectivity index (χ0v) is 20.8. The first kappa shape index (κ1) is 23.4. The lowest BCUT2D eigenvalue weighted by Gasteiger charge is -2.41. The van der Waals surface area contributed by atoms with Crippen LogP contribution in [0.4, 0.5) is 19.4 Å². The molecule has 1 aliphatic rings. The Morgan fingerprint density at radius 1 is 1.18 bits per heavy atom. The van der Waals surface area contributed by atoms with E-state index < -0.39 is 17.2 Å². The van der Waals surface area contributed by atoms with Crippen molar-refractivity contribution in [3.05, 3.63) is 46.3 Å². The smallest absolute Gasteiger partial charge is 0.410 e. The molecule has 0 saturated carbocycles. The summed E-state index contributed by atoms with van der Waals surface area (Å²) in [6.45, 7) is 10.5. The van der Waals surface area contributed by atoms with Crippen molar-refractivity contribution >= 4 is 38.9 Å². The molecular formula is C23H26BrF2N5O2. The first-order valence-electron chi connectivity index (χ1n) is 10.7. The Balaban J connectivity index is 1.67. The second-order valence-corrected chi connectivity index (χ2v) is 10.1. The quantitative estimate of drug-likeness (QED) is 0.462. The van der Waals surface area contributed by atoms with Crippen LogP contribution in [0.25, 0.3) is 16.7 Å². The van der Waals surface area contributed by atoms with Crippen molar-refractivity contribution in [1.82, 2.24) is 19.4 Å². The van der Waals surface area contributed by atoms with Gasteiger partial charge in [-0.15, -0.1) is 0 Å². The van der Waals surface area contributed by atoms with Gasteiger partial charge in [-0.25, -0.2) is 23.5 Å². The average molecular weight is 522 g/mol. The van der Waals surface area contributed by atoms with Gasteiger partial charge >= 0.3 is 6.09 Å². The summed E-state index contributed by atoms with van der Waals surface area (Å²) in [5, 5.41) is 0.733. The van der Waals surface area contributed by atoms with Crippen molar-refractivity contribution in [3.8, 4) is 5.69 Å². The number of carbonyl (C=O) groups excluding carboxylic acids is 1. The molecule has 33 heavy (non-hydrogen) atoms. The van der Waals surface area contributed by atoms with E-state index in [0.29, 0.717) is 41.3 Å². The van der Waals surface area contributed by atoms with Gasteiger partial charge in [-0.1, -0.05) is 0 Å². The summed E-state index contributed by atoms with van der Waals surface area (Å²) >= 11 is 3.57. The molecule has 2 aromatic heterocycles. The molecule has 1 fully saturated rings. The summed E-state index contributed by atoms with van der Waals surface area (Å²) in [6, 6.07) is 2.54. The molecular weight excluding hydrogens is 496 g/mol. The van der Waals surface area contributed by atoms with E-state index >= 15 is 0 Å². The minimum absolute atomic E-state index is 0.0266. The molecule has 0 spiro atoms. The monoisotopic (exact) mass is 521 g/mol. The molecule has 4 rings (SSSR count). The number of piperazine rings is 1. The Morgan fingerprint density at radius 3 is 2.45 bits per heavy atom. The molecule has 0 bridgehead atoms. The maximum Gasteiger partial charge on any atom is 0.410 e. The molecule has 1 amide bonds. The van der Waals surface area contributed by atoms with Crippen LogP contribution >= 0.6 is 15.9 Å². The molecule has 0 radical (unpaired) electrons. The third-order valence-electron chi connectivity index (χ3n) is 5.61. The van der Waals surface area contributed by atoms with Crippen LogP contribution in [0.3, 0.4) is 0 Å². The van der Waals surface area contributed by atoms with Gasteiger partial charge in [-0.3, -0.25) is 4.57 Å². The molecule has 3 aromatic rings. The number of nitrogens with zero attached hydrogens (tertiary/aromatic N) is 5. The molecule has 10 heteroatoms. The predicted octanol–water partition coefficient (Wildman–Crippen LogP) is 5.22. The number of amides is 1. The molecule has 1 saturated heterocycles. The van der Waals surface area contributed by atoms with E-state index in [-0.39, 0.29) is 17.7 Å². The van der Waals surface area contributed by atoms with E-state index in [9.17, 15) is 13.6 Å². The van der Waals surface area contributed by atoms with Gasteiger partial charge in [-0.05, 0) is 62.7 Å². The van der Waals surface area contributed by atoms with E-state index in [1.807, 2.05) is 27.7 Å². The first-order valence-corrected chi connectivity index (χ1v) is 11.5. The molecule has 1 unspecified atom stereocenters. The number of hydrogen-bond acceptors (Lipinski definition) is 5. The summed E-state index contributed by atoms with van der Waals surface area (Å²) in [5.41, 5.74) is 0.273. The second kappa shape index (κ2) is 8.55. The van der Waals surface area contributed by atoms with E-state index in [4.69, 9.17) is 4.74 Å². The summed E-state index contributed by atoms with van der Waals surface area (Å²) < 4.78 is 36.3. The summed E-state index contributed by atoms with van der Waals surface area (Å²) in [4.78, 5) is 25.2. The van der Waals surface area contributed by atoms with Gasteiger partial charge in [-0.2, -0.15) is 0 Å². The highest BCUT2D eigenvalue weighted by atomic mass is 79.9. The standard InChI is InChI=1S/C23H26BrF2N5O2/c1-13-10-29(22(32)33-23(3,4)5)6-7-30(13)20-19-16(24)11-31(21(19)28-12-27-20)15-8-17(25)14(2)18(26)9-15/h8-9,11-13H,6-7,10H2,1-5H3. The van der Waals surface area contributed by atoms with Crippen LogP contribution in [0.5, 0.6) is 0 Å². The minimum atomic E-state index is -0.621. The number of halogens is 3. The van der Waals surface area contributed by atoms with E-state index in [1.54, 1.807) is 15.7 Å². The fourth-order valence-corrected chi connectivity index (χ4v) is 4.51. The Morgan fingerprint density at radius 2 is 1.85 bits per heavy atom. The van der Waals surface area contributed by atoms with Crippen LogP contribution in [0.1, 0.15) is 33.3 Å². The maximum atomic E-state index is 14.2. The van der Waals surface area contributed by atoms with Crippen LogP contribution in [0.15, 0.2) is 29.1 Å². The number of rotatable bonds is 2. The van der Waals surface area contributed by atoms with Gasteiger partial charge in [0.2, 0.25) is 0 Å². The lowest BCUT2D eigenvalue weighted by Crippen LogP contribution is -2.54. The molecule has 3 heterocycles. The van der Waals surface area contributed by atoms with Crippen molar-refractivity contribution < 1.29 is 18.3 Å². The van der Waals surface area contributed by atoms with E-state index in [0.717, 1.165) is 5.39 Å². The largest absolute Gasteiger partial charge is 0.444 e. The van der Waals surface area contributed by atoms with Crippen molar-refractivity contribution in [2.24, 2.45) is 0 Å². The maximum absolute atomic E-state index is 14.2. The predicted molar refractivity (Wildman–Crippen MR) is 126 cm³/mol. The SMILES string of the molecule is Cc1c(F)cc(-n2cc(Br)c3c(N4CCN(C(=O)OC(C)(C)C)CC4C)ncnc32)cc1F. The van der Waals surface area contributed by atoms with Crippen molar-refractivity contribution in [2.75, 3.05) is 24.5 Å². The highest BCUT2D eigenvalue weighted by molar-refractivity contribution is 9.10. The van der Waals surface area contributed by atoms with Crippen LogP contribution in [-0.2, 0) is 4.74 Å². The molecule has 1 aromatic carbocycles. The second-order valence-electron chi connectivity index (χ2n) is 9.25. The fourth-order valence-electron chi connectivity index (χ4n) is 3.95. The fraction of sp³-hybridized carbons (Fsp3) is 0.435. The third kappa shape index (κ3) is 4.53. The van der Waals surface area contributed by atoms with Crippen LogP contribution in [-0.4, -0.2) is 56.8 Å². The Bertz CT molecular complexity index is 1200. The van der Waals surface area contributed by atoms with Gasteiger partial charge in [0.15, 0.2) is 5.65 Å². The zero-order valence-electron chi connectivity index (χ0n) is 19.2. The van der Waals surface area contributed by atoms with Crippen molar-refractivity contribution in [3.63, 3.8) is 0 Å². The van der Waals surface area contributed by atoms with E-state index in [2.05, 4.69) is 30.8 Å². The zero-order chi connectivity index (χ0) is 24.1. The normalized spacial score (nSPS) is 17.0. The highest BCUT2D eigenvalue weighted by Crippen LogP contribution is 2.35. The lowest BCUT2D eigenvalue weighted by atomic mass is 10.1. The number of carbonyl (C=O) groups is 1. The van der Waals surface area contributed by atoms with Gasteiger partial charge in [0, 0.05) is 41.9 Å². The Kier molecular flexibility index (Phi) is 6.07. The average Bonchev–Trinajstić information content (AvgIpc) is 3.07. The Labute approximate surface area is 199 Å². The Hall–Kier alpha value is -2.75. The van der Waals surface area contributed by atoms with Gasteiger partial charge in [0.25, 0.3) is 0 Å². The van der Waals surface area contributed by atoms with Gasteiger partial charge in [0.05, 0.1) is 11.1 Å². The molecule has 176 valence electrons. The van der Waals surface area contributed by atoms with Crippen molar-refractivity contribution in [2.45, 2.75) is 46.3 Å². The lowest BCUT2D eigenvalue weighted by molar-refractivity contribution is 0.0218. The van der Waals surface area contributed by atoms with Crippen LogP contribution in [0.2, 0.25) is 0 Å². The van der Waals surface area contributed by atoms with Gasteiger partial charge in [0.1, 0.15) is 29.4 Å². The summed E-state index contributed by atoms with van der Waals surface area (Å²) in [7, 11) is 0. The van der Waals surface area contributed by atoms with Gasteiger partial charge < -0.3 is 14.5 Å². The molecule has 1 atom stereocenters. The first-order chi connectivity index (χ1) is 15.5. The number of aromatic nitrogens is 3. The summed E-state index contributed by atoms with van der Waals surface area (Å²) in [6.07, 6.45) is 2.83. The van der Waals surface area contributed by atoms with Crippen LogP contribution < -0.4 is 4.90 Å². The molecule has 7 nitrogen and oxygen atoms in total. The van der Waals surface area contributed by atoms with Crippen LogP contribution in [0, 0.1) is 18.6 Å². The number of benzene rings is 1. The number of ether oxygens (including phenoxy) is 1. The number of anilines is 1.